The predicted molar refractivity (Wildman–Crippen MR) is 57.7 cm³/mol. The maximum Gasteiger partial charge on any atom is 0.344 e. The average Bonchev–Trinajstić information content (AvgIpc) is 2.30. The molecular formula is C12H13FO4. The van der Waals surface area contributed by atoms with Crippen LogP contribution >= 0.6 is 0 Å². The number of carbonyl (C=O) groups is 2. The number of ether oxygens (including phenoxy) is 2. The highest BCUT2D eigenvalue weighted by Gasteiger charge is 2.08. The lowest BCUT2D eigenvalue weighted by atomic mass is 10.1. The summed E-state index contributed by atoms with van der Waals surface area (Å²) in [5, 5.41) is 0. The summed E-state index contributed by atoms with van der Waals surface area (Å²) < 4.78 is 21.9. The molecule has 1 rings (SSSR count). The van der Waals surface area contributed by atoms with E-state index in [2.05, 4.69) is 9.47 Å². The van der Waals surface area contributed by atoms with Crippen LogP contribution in [0.2, 0.25) is 0 Å². The molecule has 0 heterocycles. The van der Waals surface area contributed by atoms with Crippen molar-refractivity contribution >= 4 is 11.9 Å². The highest BCUT2D eigenvalue weighted by atomic mass is 19.1. The van der Waals surface area contributed by atoms with Crippen molar-refractivity contribution in [3.05, 3.63) is 35.6 Å². The first-order chi connectivity index (χ1) is 8.11. The standard InChI is InChI=1S/C12H13FO4/c1-2-16-12(15)8-17-11(14)7-9-3-5-10(13)6-4-9/h3-6H,2,7-8H2,1H3. The fourth-order valence-corrected chi connectivity index (χ4v) is 1.16. The van der Waals surface area contributed by atoms with E-state index in [1.807, 2.05) is 0 Å². The van der Waals surface area contributed by atoms with E-state index in [1.165, 1.54) is 24.3 Å². The van der Waals surface area contributed by atoms with Crippen LogP contribution in [0.25, 0.3) is 0 Å². The predicted octanol–water partition coefficient (Wildman–Crippen LogP) is 1.47. The Morgan fingerprint density at radius 3 is 2.35 bits per heavy atom. The molecule has 0 bridgehead atoms. The zero-order valence-corrected chi connectivity index (χ0v) is 9.44. The minimum absolute atomic E-state index is 0.000313. The number of rotatable bonds is 5. The van der Waals surface area contributed by atoms with Gasteiger partial charge in [-0.2, -0.15) is 0 Å². The average molecular weight is 240 g/mol. The maximum atomic E-state index is 12.6. The van der Waals surface area contributed by atoms with Crippen LogP contribution in [0.4, 0.5) is 4.39 Å². The first-order valence-corrected chi connectivity index (χ1v) is 5.17. The lowest BCUT2D eigenvalue weighted by molar-refractivity contribution is -0.158. The summed E-state index contributed by atoms with van der Waals surface area (Å²) in [4.78, 5) is 22.2. The summed E-state index contributed by atoms with van der Waals surface area (Å²) in [6.45, 7) is 1.51. The zero-order valence-electron chi connectivity index (χ0n) is 9.44. The Morgan fingerprint density at radius 2 is 1.76 bits per heavy atom. The van der Waals surface area contributed by atoms with Gasteiger partial charge < -0.3 is 9.47 Å². The van der Waals surface area contributed by atoms with Gasteiger partial charge in [-0.15, -0.1) is 0 Å². The van der Waals surface area contributed by atoms with Crippen LogP contribution in [-0.4, -0.2) is 25.2 Å². The van der Waals surface area contributed by atoms with Crippen LogP contribution in [0.5, 0.6) is 0 Å². The van der Waals surface area contributed by atoms with Gasteiger partial charge in [0.2, 0.25) is 0 Å². The molecule has 0 fully saturated rings. The van der Waals surface area contributed by atoms with Crippen LogP contribution in [0.1, 0.15) is 12.5 Å². The van der Waals surface area contributed by atoms with Gasteiger partial charge in [-0.25, -0.2) is 9.18 Å². The van der Waals surface area contributed by atoms with E-state index < -0.39 is 18.5 Å². The Bertz CT molecular complexity index is 386. The van der Waals surface area contributed by atoms with Crippen LogP contribution in [-0.2, 0) is 25.5 Å². The third kappa shape index (κ3) is 5.10. The molecule has 0 aromatic heterocycles. The van der Waals surface area contributed by atoms with E-state index in [1.54, 1.807) is 6.92 Å². The molecule has 0 saturated carbocycles. The normalized spacial score (nSPS) is 9.76. The second kappa shape index (κ2) is 6.62. The van der Waals surface area contributed by atoms with Crippen molar-refractivity contribution in [2.45, 2.75) is 13.3 Å². The van der Waals surface area contributed by atoms with Crippen molar-refractivity contribution in [2.24, 2.45) is 0 Å². The molecule has 0 spiro atoms. The highest BCUT2D eigenvalue weighted by molar-refractivity contribution is 5.77. The summed E-state index contributed by atoms with van der Waals surface area (Å²) in [6.07, 6.45) is -0.000313. The Labute approximate surface area is 98.3 Å². The molecule has 0 aliphatic carbocycles. The Morgan fingerprint density at radius 1 is 1.12 bits per heavy atom. The molecule has 0 aliphatic heterocycles. The first-order valence-electron chi connectivity index (χ1n) is 5.17. The quantitative estimate of drug-likeness (QED) is 0.731. The fraction of sp³-hybridized carbons (Fsp3) is 0.333. The number of hydrogen-bond acceptors (Lipinski definition) is 4. The van der Waals surface area contributed by atoms with Gasteiger partial charge in [-0.1, -0.05) is 12.1 Å². The van der Waals surface area contributed by atoms with Crippen molar-refractivity contribution in [3.63, 3.8) is 0 Å². The summed E-state index contributed by atoms with van der Waals surface area (Å²) in [7, 11) is 0. The molecule has 5 heteroatoms. The topological polar surface area (TPSA) is 52.6 Å². The van der Waals surface area contributed by atoms with Crippen molar-refractivity contribution in [1.29, 1.82) is 0 Å². The molecule has 0 unspecified atom stereocenters. The second-order valence-corrected chi connectivity index (χ2v) is 3.27. The van der Waals surface area contributed by atoms with E-state index in [9.17, 15) is 14.0 Å². The zero-order chi connectivity index (χ0) is 12.7. The van der Waals surface area contributed by atoms with Gasteiger partial charge in [-0.3, -0.25) is 4.79 Å². The van der Waals surface area contributed by atoms with E-state index in [0.29, 0.717) is 5.56 Å². The van der Waals surface area contributed by atoms with Crippen LogP contribution in [0.3, 0.4) is 0 Å². The molecular weight excluding hydrogens is 227 g/mol. The van der Waals surface area contributed by atoms with Gasteiger partial charge >= 0.3 is 11.9 Å². The lowest BCUT2D eigenvalue weighted by Crippen LogP contribution is -2.17. The van der Waals surface area contributed by atoms with Gasteiger partial charge in [-0.05, 0) is 24.6 Å². The SMILES string of the molecule is CCOC(=O)COC(=O)Cc1ccc(F)cc1. The van der Waals surface area contributed by atoms with Crippen LogP contribution in [0, 0.1) is 5.82 Å². The molecule has 1 aromatic rings. The van der Waals surface area contributed by atoms with Gasteiger partial charge in [0.05, 0.1) is 13.0 Å². The van der Waals surface area contributed by atoms with E-state index >= 15 is 0 Å². The van der Waals surface area contributed by atoms with Crippen molar-refractivity contribution in [3.8, 4) is 0 Å². The molecule has 4 nitrogen and oxygen atoms in total. The molecule has 0 N–H and O–H groups in total. The molecule has 1 aromatic carbocycles. The fourth-order valence-electron chi connectivity index (χ4n) is 1.16. The molecule has 92 valence electrons. The van der Waals surface area contributed by atoms with Crippen LogP contribution < -0.4 is 0 Å². The molecule has 0 radical (unpaired) electrons. The van der Waals surface area contributed by atoms with Crippen molar-refractivity contribution < 1.29 is 23.5 Å². The van der Waals surface area contributed by atoms with Gasteiger partial charge in [0.25, 0.3) is 0 Å². The van der Waals surface area contributed by atoms with Crippen molar-refractivity contribution in [1.82, 2.24) is 0 Å². The maximum absolute atomic E-state index is 12.6. The third-order valence-corrected chi connectivity index (χ3v) is 1.92. The van der Waals surface area contributed by atoms with E-state index in [0.717, 1.165) is 0 Å². The number of carbonyl (C=O) groups excluding carboxylic acids is 2. The van der Waals surface area contributed by atoms with Crippen LogP contribution in [0.15, 0.2) is 24.3 Å². The smallest absolute Gasteiger partial charge is 0.344 e. The third-order valence-electron chi connectivity index (χ3n) is 1.92. The van der Waals surface area contributed by atoms with Gasteiger partial charge in [0.15, 0.2) is 6.61 Å². The Hall–Kier alpha value is -1.91. The van der Waals surface area contributed by atoms with Gasteiger partial charge in [0.1, 0.15) is 5.82 Å². The number of hydrogen-bond donors (Lipinski definition) is 0. The van der Waals surface area contributed by atoms with E-state index in [-0.39, 0.29) is 18.8 Å². The molecule has 17 heavy (non-hydrogen) atoms. The summed E-state index contributed by atoms with van der Waals surface area (Å²) >= 11 is 0. The summed E-state index contributed by atoms with van der Waals surface area (Å²) in [5.41, 5.74) is 0.625. The highest BCUT2D eigenvalue weighted by Crippen LogP contribution is 2.04. The van der Waals surface area contributed by atoms with Crippen molar-refractivity contribution in [2.75, 3.05) is 13.2 Å². The monoisotopic (exact) mass is 240 g/mol. The Balaban J connectivity index is 2.34. The number of benzene rings is 1. The first kappa shape index (κ1) is 13.2. The van der Waals surface area contributed by atoms with Gasteiger partial charge in [0, 0.05) is 0 Å². The largest absolute Gasteiger partial charge is 0.463 e. The molecule has 0 atom stereocenters. The molecule has 0 saturated heterocycles. The number of esters is 2. The second-order valence-electron chi connectivity index (χ2n) is 3.27. The number of halogens is 1. The minimum Gasteiger partial charge on any atom is -0.463 e. The Kier molecular flexibility index (Phi) is 5.13. The summed E-state index contributed by atoms with van der Waals surface area (Å²) in [5.74, 6) is -1.50. The lowest BCUT2D eigenvalue weighted by Gasteiger charge is -2.04. The molecule has 0 aliphatic rings. The molecule has 0 amide bonds. The summed E-state index contributed by atoms with van der Waals surface area (Å²) in [6, 6.07) is 5.49. The minimum atomic E-state index is -0.583. The van der Waals surface area contributed by atoms with E-state index in [4.69, 9.17) is 0 Å².